The lowest BCUT2D eigenvalue weighted by atomic mass is 9.85. The lowest BCUT2D eigenvalue weighted by Crippen LogP contribution is -2.43. The Labute approximate surface area is 198 Å². The number of nitrogens with zero attached hydrogens (tertiary/aromatic N) is 2. The number of carbonyl (C=O) groups is 2. The molecule has 2 amide bonds. The molecule has 4 rings (SSSR count). The zero-order valence-corrected chi connectivity index (χ0v) is 19.7. The van der Waals surface area contributed by atoms with Crippen molar-refractivity contribution in [3.05, 3.63) is 47.3 Å². The molecule has 168 valence electrons. The second-order valence-electron chi connectivity index (χ2n) is 8.03. The fraction of sp³-hybridized carbons (Fsp3) is 0.500. The van der Waals surface area contributed by atoms with Gasteiger partial charge in [-0.1, -0.05) is 18.2 Å². The number of nitrogens with one attached hydrogen (secondary N) is 2. The third-order valence-electron chi connectivity index (χ3n) is 6.23. The summed E-state index contributed by atoms with van der Waals surface area (Å²) in [5.41, 5.74) is 1.01. The second kappa shape index (κ2) is 10.1. The third kappa shape index (κ3) is 4.62. The van der Waals surface area contributed by atoms with E-state index in [-0.39, 0.29) is 71.6 Å². The summed E-state index contributed by atoms with van der Waals surface area (Å²) in [5, 5.41) is 15.5. The lowest BCUT2D eigenvalue weighted by molar-refractivity contribution is -0.140. The van der Waals surface area contributed by atoms with Crippen molar-refractivity contribution < 1.29 is 19.1 Å². The van der Waals surface area contributed by atoms with Crippen molar-refractivity contribution in [2.75, 3.05) is 19.6 Å². The normalized spacial score (nSPS) is 26.3. The van der Waals surface area contributed by atoms with E-state index in [1.165, 1.54) is 11.0 Å². The molecule has 1 aromatic carbocycles. The Hall–Kier alpha value is -2.01. The van der Waals surface area contributed by atoms with E-state index in [1.54, 1.807) is 12.1 Å². The second-order valence-corrected chi connectivity index (χ2v) is 8.03. The maximum atomic E-state index is 13.5. The number of carbonyl (C=O) groups excluding carboxylic acids is 2. The van der Waals surface area contributed by atoms with Gasteiger partial charge < -0.3 is 15.7 Å². The van der Waals surface area contributed by atoms with Gasteiger partial charge in [0.1, 0.15) is 5.82 Å². The number of rotatable bonds is 7. The lowest BCUT2D eigenvalue weighted by Gasteiger charge is -2.18. The van der Waals surface area contributed by atoms with Gasteiger partial charge in [0.15, 0.2) is 5.96 Å². The summed E-state index contributed by atoms with van der Waals surface area (Å²) >= 11 is 0. The molecule has 3 aliphatic rings. The number of fused-ring (bicyclic) bond motifs is 5. The Morgan fingerprint density at radius 2 is 1.87 bits per heavy atom. The van der Waals surface area contributed by atoms with Crippen LogP contribution in [0.15, 0.2) is 35.3 Å². The van der Waals surface area contributed by atoms with E-state index >= 15 is 0 Å². The first-order chi connectivity index (χ1) is 14.5. The Morgan fingerprint density at radius 1 is 1.19 bits per heavy atom. The molecule has 4 unspecified atom stereocenters. The van der Waals surface area contributed by atoms with E-state index in [0.717, 1.165) is 12.0 Å². The SMILES string of the molecule is CCNC(=NCc1ccc(F)c(CO)c1)NCCN1C(=O)C2C3C=CC(C3)C2C1=O.I. The molecule has 1 heterocycles. The Kier molecular flexibility index (Phi) is 7.68. The quantitative estimate of drug-likeness (QED) is 0.161. The van der Waals surface area contributed by atoms with Crippen molar-refractivity contribution in [3.8, 4) is 0 Å². The number of imide groups is 1. The Bertz CT molecular complexity index is 877. The van der Waals surface area contributed by atoms with Crippen molar-refractivity contribution in [3.63, 3.8) is 0 Å². The molecule has 0 spiro atoms. The highest BCUT2D eigenvalue weighted by Gasteiger charge is 2.58. The van der Waals surface area contributed by atoms with Crippen molar-refractivity contribution in [1.82, 2.24) is 15.5 Å². The number of amides is 2. The zero-order chi connectivity index (χ0) is 21.3. The smallest absolute Gasteiger partial charge is 0.233 e. The van der Waals surface area contributed by atoms with E-state index in [2.05, 4.69) is 27.8 Å². The van der Waals surface area contributed by atoms with Crippen LogP contribution in [0.2, 0.25) is 0 Å². The molecule has 1 saturated heterocycles. The summed E-state index contributed by atoms with van der Waals surface area (Å²) < 4.78 is 13.5. The fourth-order valence-corrected chi connectivity index (χ4v) is 4.83. The standard InChI is InChI=1S/C22H27FN4O3.HI/c1-2-24-22(26-11-13-3-6-17(23)16(9-13)12-28)25-7-8-27-20(29)18-14-4-5-15(10-14)19(18)21(27)30;/h3-6,9,14-15,18-19,28H,2,7-8,10-12H2,1H3,(H2,24,25,26);1H. The first kappa shape index (κ1) is 23.6. The third-order valence-corrected chi connectivity index (χ3v) is 6.23. The van der Waals surface area contributed by atoms with Gasteiger partial charge >= 0.3 is 0 Å². The number of benzene rings is 1. The number of aliphatic imine (C=N–C) groups is 1. The van der Waals surface area contributed by atoms with Gasteiger partial charge in [0.25, 0.3) is 0 Å². The molecule has 1 aliphatic heterocycles. The number of allylic oxidation sites excluding steroid dienone is 2. The molecule has 4 atom stereocenters. The largest absolute Gasteiger partial charge is 0.392 e. The van der Waals surface area contributed by atoms with Crippen LogP contribution in [0.3, 0.4) is 0 Å². The molecule has 9 heteroatoms. The fourth-order valence-electron chi connectivity index (χ4n) is 4.83. The molecular formula is C22H28FIN4O3. The topological polar surface area (TPSA) is 94.0 Å². The van der Waals surface area contributed by atoms with Gasteiger partial charge in [0, 0.05) is 25.2 Å². The van der Waals surface area contributed by atoms with Crippen LogP contribution in [0.4, 0.5) is 4.39 Å². The van der Waals surface area contributed by atoms with Gasteiger partial charge in [-0.2, -0.15) is 0 Å². The summed E-state index contributed by atoms with van der Waals surface area (Å²) in [4.78, 5) is 31.3. The number of likely N-dealkylation sites (tertiary alicyclic amines) is 1. The summed E-state index contributed by atoms with van der Waals surface area (Å²) in [6, 6.07) is 4.54. The molecule has 1 aromatic rings. The Morgan fingerprint density at radius 3 is 2.48 bits per heavy atom. The van der Waals surface area contributed by atoms with Gasteiger partial charge in [-0.3, -0.25) is 14.5 Å². The molecule has 2 bridgehead atoms. The van der Waals surface area contributed by atoms with Gasteiger partial charge in [-0.05, 0) is 42.9 Å². The number of hydrogen-bond donors (Lipinski definition) is 3. The molecule has 0 radical (unpaired) electrons. The van der Waals surface area contributed by atoms with E-state index < -0.39 is 5.82 Å². The first-order valence-electron chi connectivity index (χ1n) is 10.5. The minimum Gasteiger partial charge on any atom is -0.392 e. The van der Waals surface area contributed by atoms with Crippen LogP contribution in [-0.2, 0) is 22.7 Å². The van der Waals surface area contributed by atoms with Crippen LogP contribution in [0.5, 0.6) is 0 Å². The van der Waals surface area contributed by atoms with Crippen LogP contribution in [0.1, 0.15) is 24.5 Å². The number of guanidine groups is 1. The molecule has 31 heavy (non-hydrogen) atoms. The number of halogens is 2. The van der Waals surface area contributed by atoms with E-state index in [4.69, 9.17) is 0 Å². The highest BCUT2D eigenvalue weighted by atomic mass is 127. The van der Waals surface area contributed by atoms with Crippen LogP contribution in [-0.4, -0.2) is 47.4 Å². The summed E-state index contributed by atoms with van der Waals surface area (Å²) in [5.74, 6) is 0.0988. The molecule has 7 nitrogen and oxygen atoms in total. The van der Waals surface area contributed by atoms with Crippen molar-refractivity contribution >= 4 is 41.8 Å². The predicted octanol–water partition coefficient (Wildman–Crippen LogP) is 1.80. The van der Waals surface area contributed by atoms with E-state index in [1.807, 2.05) is 6.92 Å². The maximum absolute atomic E-state index is 13.5. The van der Waals surface area contributed by atoms with Gasteiger partial charge in [-0.15, -0.1) is 24.0 Å². The van der Waals surface area contributed by atoms with E-state index in [0.29, 0.717) is 32.1 Å². The van der Waals surface area contributed by atoms with Crippen LogP contribution in [0, 0.1) is 29.5 Å². The van der Waals surface area contributed by atoms with Crippen molar-refractivity contribution in [2.45, 2.75) is 26.5 Å². The average molecular weight is 542 g/mol. The molecule has 3 N–H and O–H groups in total. The molecule has 1 saturated carbocycles. The average Bonchev–Trinajstić information content (AvgIpc) is 3.42. The van der Waals surface area contributed by atoms with Crippen molar-refractivity contribution in [2.24, 2.45) is 28.7 Å². The molecular weight excluding hydrogens is 514 g/mol. The van der Waals surface area contributed by atoms with Gasteiger partial charge in [-0.25, -0.2) is 9.38 Å². The molecule has 0 aromatic heterocycles. The first-order valence-corrected chi connectivity index (χ1v) is 10.5. The minimum absolute atomic E-state index is 0. The Balaban J connectivity index is 0.00000272. The predicted molar refractivity (Wildman–Crippen MR) is 125 cm³/mol. The van der Waals surface area contributed by atoms with E-state index in [9.17, 15) is 19.1 Å². The van der Waals surface area contributed by atoms with Gasteiger partial charge in [0.05, 0.1) is 25.0 Å². The van der Waals surface area contributed by atoms with Crippen LogP contribution in [0.25, 0.3) is 0 Å². The summed E-state index contributed by atoms with van der Waals surface area (Å²) in [6.07, 6.45) is 5.11. The molecule has 2 aliphatic carbocycles. The summed E-state index contributed by atoms with van der Waals surface area (Å²) in [6.45, 7) is 3.24. The van der Waals surface area contributed by atoms with Crippen molar-refractivity contribution in [1.29, 1.82) is 0 Å². The highest BCUT2D eigenvalue weighted by molar-refractivity contribution is 14.0. The summed E-state index contributed by atoms with van der Waals surface area (Å²) in [7, 11) is 0. The maximum Gasteiger partial charge on any atom is 0.233 e. The molecule has 2 fully saturated rings. The monoisotopic (exact) mass is 542 g/mol. The zero-order valence-electron chi connectivity index (χ0n) is 17.4. The number of hydrogen-bond acceptors (Lipinski definition) is 4. The van der Waals surface area contributed by atoms with Crippen LogP contribution < -0.4 is 10.6 Å². The van der Waals surface area contributed by atoms with Crippen LogP contribution >= 0.6 is 24.0 Å². The number of aliphatic hydroxyl groups is 1. The van der Waals surface area contributed by atoms with Gasteiger partial charge in [0.2, 0.25) is 11.8 Å². The number of aliphatic hydroxyl groups excluding tert-OH is 1. The highest BCUT2D eigenvalue weighted by Crippen LogP contribution is 2.52. The minimum atomic E-state index is -0.441.